The Hall–Kier alpha value is -0.120. The summed E-state index contributed by atoms with van der Waals surface area (Å²) in [5, 5.41) is 3.76. The third-order valence-electron chi connectivity index (χ3n) is 5.17. The molecule has 0 amide bonds. The highest BCUT2D eigenvalue weighted by atomic mass is 16.5. The average molecular weight is 296 g/mol. The molecule has 124 valence electrons. The van der Waals surface area contributed by atoms with Crippen LogP contribution in [0.5, 0.6) is 0 Å². The predicted molar refractivity (Wildman–Crippen MR) is 89.7 cm³/mol. The highest BCUT2D eigenvalue weighted by Crippen LogP contribution is 2.34. The van der Waals surface area contributed by atoms with Gasteiger partial charge in [0.2, 0.25) is 0 Å². The van der Waals surface area contributed by atoms with Crippen LogP contribution in [0.2, 0.25) is 0 Å². The van der Waals surface area contributed by atoms with Crippen molar-refractivity contribution in [2.45, 2.75) is 65.3 Å². The van der Waals surface area contributed by atoms with Crippen molar-refractivity contribution in [1.82, 2.24) is 10.2 Å². The zero-order chi connectivity index (χ0) is 15.3. The van der Waals surface area contributed by atoms with Crippen LogP contribution in [-0.4, -0.2) is 49.8 Å². The summed E-state index contributed by atoms with van der Waals surface area (Å²) in [6, 6.07) is 0. The molecule has 0 spiro atoms. The van der Waals surface area contributed by atoms with Crippen LogP contribution in [-0.2, 0) is 4.74 Å². The van der Waals surface area contributed by atoms with E-state index in [9.17, 15) is 0 Å². The van der Waals surface area contributed by atoms with E-state index in [4.69, 9.17) is 4.74 Å². The van der Waals surface area contributed by atoms with Gasteiger partial charge in [-0.3, -0.25) is 0 Å². The van der Waals surface area contributed by atoms with Gasteiger partial charge in [0, 0.05) is 38.4 Å². The van der Waals surface area contributed by atoms with E-state index in [1.54, 1.807) is 0 Å². The van der Waals surface area contributed by atoms with Crippen LogP contribution in [0.25, 0.3) is 0 Å². The molecule has 3 heteroatoms. The van der Waals surface area contributed by atoms with Gasteiger partial charge < -0.3 is 15.0 Å². The molecule has 0 aromatic carbocycles. The minimum atomic E-state index is 0.209. The average Bonchev–Trinajstić information content (AvgIpc) is 2.85. The van der Waals surface area contributed by atoms with Crippen molar-refractivity contribution in [1.29, 1.82) is 0 Å². The molecule has 1 unspecified atom stereocenters. The van der Waals surface area contributed by atoms with Crippen LogP contribution >= 0.6 is 0 Å². The van der Waals surface area contributed by atoms with E-state index in [0.717, 1.165) is 25.7 Å². The number of rotatable bonds is 6. The minimum absolute atomic E-state index is 0.209. The van der Waals surface area contributed by atoms with Gasteiger partial charge in [-0.05, 0) is 64.3 Å². The van der Waals surface area contributed by atoms with Gasteiger partial charge in [0.25, 0.3) is 0 Å². The van der Waals surface area contributed by atoms with Gasteiger partial charge in [0.15, 0.2) is 0 Å². The van der Waals surface area contributed by atoms with Crippen molar-refractivity contribution in [2.75, 3.05) is 39.4 Å². The maximum Gasteiger partial charge on any atom is 0.0472 e. The number of hydrogen-bond donors (Lipinski definition) is 1. The molecule has 2 fully saturated rings. The Balaban J connectivity index is 1.90. The predicted octanol–water partition coefficient (Wildman–Crippen LogP) is 3.29. The van der Waals surface area contributed by atoms with Gasteiger partial charge >= 0.3 is 0 Å². The molecule has 2 heterocycles. The molecule has 0 aromatic rings. The van der Waals surface area contributed by atoms with Crippen LogP contribution in [0, 0.1) is 11.3 Å². The molecular formula is C18H36N2O. The van der Waals surface area contributed by atoms with Crippen molar-refractivity contribution in [2.24, 2.45) is 11.3 Å². The van der Waals surface area contributed by atoms with Gasteiger partial charge in [-0.1, -0.05) is 13.3 Å². The number of likely N-dealkylation sites (tertiary alicyclic amines) is 1. The molecule has 2 aliphatic heterocycles. The molecular weight excluding hydrogens is 260 g/mol. The lowest BCUT2D eigenvalue weighted by Gasteiger charge is -2.42. The molecule has 0 bridgehead atoms. The summed E-state index contributed by atoms with van der Waals surface area (Å²) in [5.41, 5.74) is 0.633. The molecule has 0 saturated carbocycles. The zero-order valence-electron chi connectivity index (χ0n) is 14.7. The standard InChI is InChI=1S/C18H36N2O/c1-5-6-16-7-10-20(13-16)15-18(8-11-21-12-9-18)14-19-17(2,3)4/h16,19H,5-15H2,1-4H3. The Bertz CT molecular complexity index is 305. The monoisotopic (exact) mass is 296 g/mol. The Morgan fingerprint density at radius 3 is 2.57 bits per heavy atom. The molecule has 1 atom stereocenters. The van der Waals surface area contributed by atoms with E-state index >= 15 is 0 Å². The molecule has 0 aromatic heterocycles. The zero-order valence-corrected chi connectivity index (χ0v) is 14.7. The van der Waals surface area contributed by atoms with Crippen molar-refractivity contribution < 1.29 is 4.74 Å². The van der Waals surface area contributed by atoms with E-state index in [2.05, 4.69) is 37.9 Å². The fourth-order valence-electron chi connectivity index (χ4n) is 3.82. The Morgan fingerprint density at radius 2 is 1.95 bits per heavy atom. The molecule has 21 heavy (non-hydrogen) atoms. The smallest absolute Gasteiger partial charge is 0.0472 e. The van der Waals surface area contributed by atoms with Crippen molar-refractivity contribution in [3.63, 3.8) is 0 Å². The summed E-state index contributed by atoms with van der Waals surface area (Å²) >= 11 is 0. The highest BCUT2D eigenvalue weighted by molar-refractivity contribution is 4.91. The molecule has 2 rings (SSSR count). The van der Waals surface area contributed by atoms with E-state index < -0.39 is 0 Å². The van der Waals surface area contributed by atoms with Gasteiger partial charge in [-0.15, -0.1) is 0 Å². The highest BCUT2D eigenvalue weighted by Gasteiger charge is 2.37. The van der Waals surface area contributed by atoms with Gasteiger partial charge in [-0.2, -0.15) is 0 Å². The molecule has 0 radical (unpaired) electrons. The van der Waals surface area contributed by atoms with E-state index in [1.807, 2.05) is 0 Å². The SMILES string of the molecule is CCCC1CCN(CC2(CNC(C)(C)C)CCOCC2)C1. The fourth-order valence-corrected chi connectivity index (χ4v) is 3.82. The van der Waals surface area contributed by atoms with Crippen molar-refractivity contribution in [3.8, 4) is 0 Å². The molecule has 2 aliphatic rings. The maximum absolute atomic E-state index is 5.63. The van der Waals surface area contributed by atoms with E-state index in [1.165, 1.54) is 51.7 Å². The summed E-state index contributed by atoms with van der Waals surface area (Å²) < 4.78 is 5.63. The normalized spacial score (nSPS) is 27.1. The summed E-state index contributed by atoms with van der Waals surface area (Å²) in [5.74, 6) is 0.947. The Labute approximate surface area is 131 Å². The Kier molecular flexibility index (Phi) is 6.10. The van der Waals surface area contributed by atoms with Crippen molar-refractivity contribution in [3.05, 3.63) is 0 Å². The molecule has 0 aliphatic carbocycles. The van der Waals surface area contributed by atoms with Crippen LogP contribution in [0.4, 0.5) is 0 Å². The quantitative estimate of drug-likeness (QED) is 0.814. The summed E-state index contributed by atoms with van der Waals surface area (Å²) in [7, 11) is 0. The second-order valence-electron chi connectivity index (χ2n) is 8.39. The van der Waals surface area contributed by atoms with Gasteiger partial charge in [0.05, 0.1) is 0 Å². The van der Waals surface area contributed by atoms with Crippen LogP contribution in [0.15, 0.2) is 0 Å². The lowest BCUT2D eigenvalue weighted by atomic mass is 9.79. The first-order chi connectivity index (χ1) is 9.92. The van der Waals surface area contributed by atoms with Gasteiger partial charge in [-0.25, -0.2) is 0 Å². The topological polar surface area (TPSA) is 24.5 Å². The third-order valence-corrected chi connectivity index (χ3v) is 5.17. The van der Waals surface area contributed by atoms with E-state index in [0.29, 0.717) is 5.41 Å². The Morgan fingerprint density at radius 1 is 1.24 bits per heavy atom. The van der Waals surface area contributed by atoms with Crippen LogP contribution < -0.4 is 5.32 Å². The second kappa shape index (κ2) is 7.43. The lowest BCUT2D eigenvalue weighted by molar-refractivity contribution is -0.00421. The second-order valence-corrected chi connectivity index (χ2v) is 8.39. The molecule has 1 N–H and O–H groups in total. The largest absolute Gasteiger partial charge is 0.381 e. The number of hydrogen-bond acceptors (Lipinski definition) is 3. The fraction of sp³-hybridized carbons (Fsp3) is 1.00. The van der Waals surface area contributed by atoms with Crippen LogP contribution in [0.1, 0.15) is 59.8 Å². The van der Waals surface area contributed by atoms with Crippen LogP contribution in [0.3, 0.4) is 0 Å². The first-order valence-corrected chi connectivity index (χ1v) is 8.98. The van der Waals surface area contributed by atoms with Gasteiger partial charge in [0.1, 0.15) is 0 Å². The summed E-state index contributed by atoms with van der Waals surface area (Å²) in [6.45, 7) is 16.0. The lowest BCUT2D eigenvalue weighted by Crippen LogP contribution is -2.50. The third kappa shape index (κ3) is 5.54. The summed E-state index contributed by atoms with van der Waals surface area (Å²) in [4.78, 5) is 2.73. The molecule has 2 saturated heterocycles. The first kappa shape index (κ1) is 17.2. The summed E-state index contributed by atoms with van der Waals surface area (Å²) in [6.07, 6.45) is 6.58. The minimum Gasteiger partial charge on any atom is -0.381 e. The number of nitrogens with zero attached hydrogens (tertiary/aromatic N) is 1. The maximum atomic E-state index is 5.63. The first-order valence-electron chi connectivity index (χ1n) is 8.98. The number of ether oxygens (including phenoxy) is 1. The molecule has 3 nitrogen and oxygen atoms in total. The van der Waals surface area contributed by atoms with E-state index in [-0.39, 0.29) is 5.54 Å². The van der Waals surface area contributed by atoms with Crippen molar-refractivity contribution >= 4 is 0 Å². The number of nitrogens with one attached hydrogen (secondary N) is 1.